The largest absolute Gasteiger partial charge is 0.488 e. The Kier molecular flexibility index (Phi) is 8.05. The molecular weight excluding hydrogens is 492 g/mol. The van der Waals surface area contributed by atoms with Gasteiger partial charge in [0.2, 0.25) is 0 Å². The zero-order valence-corrected chi connectivity index (χ0v) is 24.2. The molecule has 1 aromatic heterocycles. The maximum absolute atomic E-state index is 12.9. The summed E-state index contributed by atoms with van der Waals surface area (Å²) in [4.78, 5) is 24.3. The van der Waals surface area contributed by atoms with Gasteiger partial charge in [0.1, 0.15) is 12.4 Å². The Morgan fingerprint density at radius 1 is 1.05 bits per heavy atom. The van der Waals surface area contributed by atoms with E-state index in [1.807, 2.05) is 46.3 Å². The summed E-state index contributed by atoms with van der Waals surface area (Å²) in [5, 5.41) is 3.31. The average molecular weight is 533 g/mol. The minimum atomic E-state index is 0.0456. The van der Waals surface area contributed by atoms with Gasteiger partial charge in [0, 0.05) is 49.7 Å². The SMILES string of the molecule is Cc1ccc(OCc2ccc(C(=O)N(C)CCN(C)C)cc2C)c(-c2csc(N3C[C@@H]4CC[C@@H](C4)C3)n2)c1. The van der Waals surface area contributed by atoms with Crippen LogP contribution in [0.15, 0.2) is 41.8 Å². The highest BCUT2D eigenvalue weighted by Crippen LogP contribution is 2.40. The van der Waals surface area contributed by atoms with E-state index < -0.39 is 0 Å². The van der Waals surface area contributed by atoms with Crippen LogP contribution < -0.4 is 9.64 Å². The summed E-state index contributed by atoms with van der Waals surface area (Å²) >= 11 is 1.75. The van der Waals surface area contributed by atoms with Crippen molar-refractivity contribution in [3.05, 3.63) is 64.0 Å². The molecule has 5 rings (SSSR count). The standard InChI is InChI=1S/C31H40N4O2S/c1-21-6-11-29(27(14-21)28-20-38-31(32-28)35-17-23-7-8-24(16-23)18-35)37-19-26-10-9-25(15-22(26)2)30(36)34(5)13-12-33(3)4/h6,9-11,14-15,20,23-24H,7-8,12-13,16-19H2,1-5H3/t23-,24+. The molecule has 0 radical (unpaired) electrons. The van der Waals surface area contributed by atoms with Crippen molar-refractivity contribution in [3.8, 4) is 17.0 Å². The predicted octanol–water partition coefficient (Wildman–Crippen LogP) is 5.88. The van der Waals surface area contributed by atoms with E-state index >= 15 is 0 Å². The van der Waals surface area contributed by atoms with Crippen molar-refractivity contribution in [1.82, 2.24) is 14.8 Å². The number of benzene rings is 2. The molecule has 2 fully saturated rings. The summed E-state index contributed by atoms with van der Waals surface area (Å²) in [6.45, 7) is 8.42. The third-order valence-electron chi connectivity index (χ3n) is 7.98. The second-order valence-electron chi connectivity index (χ2n) is 11.4. The minimum absolute atomic E-state index is 0.0456. The van der Waals surface area contributed by atoms with Crippen LogP contribution in [0.25, 0.3) is 11.3 Å². The monoisotopic (exact) mass is 532 g/mol. The highest BCUT2D eigenvalue weighted by atomic mass is 32.1. The van der Waals surface area contributed by atoms with Crippen molar-refractivity contribution >= 4 is 22.4 Å². The molecule has 1 saturated carbocycles. The fourth-order valence-corrected chi connectivity index (χ4v) is 6.53. The second kappa shape index (κ2) is 11.5. The number of carbonyl (C=O) groups is 1. The van der Waals surface area contributed by atoms with E-state index in [2.05, 4.69) is 40.3 Å². The van der Waals surface area contributed by atoms with Crippen LogP contribution in [-0.2, 0) is 6.61 Å². The number of rotatable bonds is 9. The fraction of sp³-hybridized carbons (Fsp3) is 0.484. The Hall–Kier alpha value is -2.90. The maximum atomic E-state index is 12.9. The maximum Gasteiger partial charge on any atom is 0.253 e. The number of aryl methyl sites for hydroxylation is 2. The molecule has 7 heteroatoms. The van der Waals surface area contributed by atoms with Crippen LogP contribution in [0.5, 0.6) is 5.75 Å². The Morgan fingerprint density at radius 3 is 2.53 bits per heavy atom. The van der Waals surface area contributed by atoms with Gasteiger partial charge in [-0.2, -0.15) is 0 Å². The highest BCUT2D eigenvalue weighted by Gasteiger charge is 2.34. The molecule has 2 atom stereocenters. The number of amides is 1. The zero-order chi connectivity index (χ0) is 26.8. The fourth-order valence-electron chi connectivity index (χ4n) is 5.69. The van der Waals surface area contributed by atoms with Crippen molar-refractivity contribution < 1.29 is 9.53 Å². The van der Waals surface area contributed by atoms with Crippen molar-refractivity contribution in [2.75, 3.05) is 52.2 Å². The predicted molar refractivity (Wildman–Crippen MR) is 156 cm³/mol. The van der Waals surface area contributed by atoms with Gasteiger partial charge in [-0.3, -0.25) is 4.79 Å². The molecule has 0 unspecified atom stereocenters. The van der Waals surface area contributed by atoms with Crippen LogP contribution in [-0.4, -0.2) is 68.0 Å². The molecule has 1 aliphatic carbocycles. The van der Waals surface area contributed by atoms with Gasteiger partial charge in [0.25, 0.3) is 5.91 Å². The summed E-state index contributed by atoms with van der Waals surface area (Å²) in [6, 6.07) is 12.2. The van der Waals surface area contributed by atoms with Crippen molar-refractivity contribution in [2.24, 2.45) is 11.8 Å². The summed E-state index contributed by atoms with van der Waals surface area (Å²) in [5.74, 6) is 2.56. The summed E-state index contributed by atoms with van der Waals surface area (Å²) in [6.07, 6.45) is 4.14. The Bertz CT molecular complexity index is 1270. The van der Waals surface area contributed by atoms with Gasteiger partial charge in [0.15, 0.2) is 5.13 Å². The first kappa shape index (κ1) is 26.7. The van der Waals surface area contributed by atoms with Gasteiger partial charge in [-0.25, -0.2) is 4.98 Å². The third kappa shape index (κ3) is 6.05. The average Bonchev–Trinajstić information content (AvgIpc) is 3.52. The van der Waals surface area contributed by atoms with E-state index in [-0.39, 0.29) is 5.91 Å². The van der Waals surface area contributed by atoms with Gasteiger partial charge in [0.05, 0.1) is 5.69 Å². The molecular formula is C31H40N4O2S. The first-order valence-corrected chi connectivity index (χ1v) is 14.6. The van der Waals surface area contributed by atoms with Gasteiger partial charge in [-0.1, -0.05) is 17.7 Å². The molecule has 3 aromatic rings. The molecule has 2 aromatic carbocycles. The van der Waals surface area contributed by atoms with E-state index in [4.69, 9.17) is 9.72 Å². The smallest absolute Gasteiger partial charge is 0.253 e. The van der Waals surface area contributed by atoms with Crippen molar-refractivity contribution in [1.29, 1.82) is 0 Å². The third-order valence-corrected chi connectivity index (χ3v) is 8.88. The molecule has 0 N–H and O–H groups in total. The van der Waals surface area contributed by atoms with Crippen LogP contribution in [0, 0.1) is 25.7 Å². The number of likely N-dealkylation sites (N-methyl/N-ethyl adjacent to an activating group) is 2. The molecule has 2 heterocycles. The van der Waals surface area contributed by atoms with Crippen LogP contribution in [0.4, 0.5) is 5.13 Å². The van der Waals surface area contributed by atoms with Crippen LogP contribution in [0.2, 0.25) is 0 Å². The second-order valence-corrected chi connectivity index (χ2v) is 12.3. The molecule has 1 amide bonds. The molecule has 0 spiro atoms. The normalized spacial score (nSPS) is 18.7. The summed E-state index contributed by atoms with van der Waals surface area (Å²) < 4.78 is 6.38. The van der Waals surface area contributed by atoms with Crippen LogP contribution >= 0.6 is 11.3 Å². The lowest BCUT2D eigenvalue weighted by Crippen LogP contribution is -2.36. The zero-order valence-electron chi connectivity index (χ0n) is 23.4. The number of thiazole rings is 1. The minimum Gasteiger partial charge on any atom is -0.488 e. The molecule has 6 nitrogen and oxygen atoms in total. The van der Waals surface area contributed by atoms with Crippen LogP contribution in [0.3, 0.4) is 0 Å². The quantitative estimate of drug-likeness (QED) is 0.345. The molecule has 1 aliphatic heterocycles. The number of fused-ring (bicyclic) bond motifs is 2. The van der Waals surface area contributed by atoms with Gasteiger partial charge in [-0.05, 0) is 94.4 Å². The number of hydrogen-bond donors (Lipinski definition) is 0. The number of hydrogen-bond acceptors (Lipinski definition) is 6. The summed E-state index contributed by atoms with van der Waals surface area (Å²) in [5.41, 5.74) is 6.06. The number of ether oxygens (including phenoxy) is 1. The Balaban J connectivity index is 1.28. The number of nitrogens with zero attached hydrogens (tertiary/aromatic N) is 4. The van der Waals surface area contributed by atoms with E-state index in [1.165, 1.54) is 24.8 Å². The summed E-state index contributed by atoms with van der Waals surface area (Å²) in [7, 11) is 5.89. The van der Waals surface area contributed by atoms with E-state index in [0.717, 1.165) is 64.7 Å². The van der Waals surface area contributed by atoms with Gasteiger partial charge >= 0.3 is 0 Å². The number of aromatic nitrogens is 1. The lowest BCUT2D eigenvalue weighted by Gasteiger charge is -2.31. The molecule has 2 aliphatic rings. The first-order chi connectivity index (χ1) is 18.3. The first-order valence-electron chi connectivity index (χ1n) is 13.7. The molecule has 38 heavy (non-hydrogen) atoms. The Morgan fingerprint density at radius 2 is 1.82 bits per heavy atom. The van der Waals surface area contributed by atoms with Crippen molar-refractivity contribution in [3.63, 3.8) is 0 Å². The molecule has 1 saturated heterocycles. The lowest BCUT2D eigenvalue weighted by atomic mass is 9.99. The Labute approximate surface area is 231 Å². The van der Waals surface area contributed by atoms with E-state index in [9.17, 15) is 4.79 Å². The molecule has 202 valence electrons. The molecule has 2 bridgehead atoms. The number of carbonyl (C=O) groups excluding carboxylic acids is 1. The van der Waals surface area contributed by atoms with Gasteiger partial charge < -0.3 is 19.4 Å². The lowest BCUT2D eigenvalue weighted by molar-refractivity contribution is 0.0786. The van der Waals surface area contributed by atoms with Crippen LogP contribution in [0.1, 0.15) is 46.3 Å². The van der Waals surface area contributed by atoms with E-state index in [1.54, 1.807) is 16.2 Å². The van der Waals surface area contributed by atoms with Gasteiger partial charge in [-0.15, -0.1) is 11.3 Å². The number of piperidine rings is 1. The number of anilines is 1. The highest BCUT2D eigenvalue weighted by molar-refractivity contribution is 7.14. The van der Waals surface area contributed by atoms with E-state index in [0.29, 0.717) is 18.7 Å². The van der Waals surface area contributed by atoms with Crippen molar-refractivity contribution in [2.45, 2.75) is 39.7 Å². The topological polar surface area (TPSA) is 48.9 Å².